The lowest BCUT2D eigenvalue weighted by atomic mass is 10.0. The van der Waals surface area contributed by atoms with E-state index in [9.17, 15) is 9.59 Å². The first kappa shape index (κ1) is 22.0. The van der Waals surface area contributed by atoms with Gasteiger partial charge in [-0.2, -0.15) is 0 Å². The van der Waals surface area contributed by atoms with Crippen LogP contribution in [0.15, 0.2) is 69.9 Å². The SMILES string of the molecule is COc1cc(C(=O)Nc2ccc(-c3cc4ccccc4oc3=O)c(C)c2)cc(OC)c1OC. The fourth-order valence-corrected chi connectivity index (χ4v) is 3.71. The lowest BCUT2D eigenvalue weighted by Crippen LogP contribution is -2.13. The van der Waals surface area contributed by atoms with E-state index < -0.39 is 5.63 Å². The molecule has 0 aliphatic carbocycles. The minimum Gasteiger partial charge on any atom is -0.493 e. The van der Waals surface area contributed by atoms with E-state index in [1.165, 1.54) is 21.3 Å². The van der Waals surface area contributed by atoms with Gasteiger partial charge in [-0.15, -0.1) is 0 Å². The predicted molar refractivity (Wildman–Crippen MR) is 127 cm³/mol. The van der Waals surface area contributed by atoms with E-state index in [0.717, 1.165) is 16.5 Å². The molecule has 3 aromatic carbocycles. The van der Waals surface area contributed by atoms with Crippen LogP contribution in [-0.2, 0) is 0 Å². The van der Waals surface area contributed by atoms with Crippen LogP contribution in [0.2, 0.25) is 0 Å². The van der Waals surface area contributed by atoms with Gasteiger partial charge in [-0.1, -0.05) is 24.3 Å². The predicted octanol–water partition coefficient (Wildman–Crippen LogP) is 5.05. The highest BCUT2D eigenvalue weighted by atomic mass is 16.5. The first-order chi connectivity index (χ1) is 15.9. The molecule has 4 aromatic rings. The van der Waals surface area contributed by atoms with Gasteiger partial charge >= 0.3 is 5.63 Å². The van der Waals surface area contributed by atoms with Crippen LogP contribution in [0.1, 0.15) is 15.9 Å². The van der Waals surface area contributed by atoms with Crippen LogP contribution in [0.5, 0.6) is 17.2 Å². The molecule has 0 unspecified atom stereocenters. The van der Waals surface area contributed by atoms with Crippen LogP contribution in [0.25, 0.3) is 22.1 Å². The van der Waals surface area contributed by atoms with E-state index in [0.29, 0.717) is 39.6 Å². The third-order valence-corrected chi connectivity index (χ3v) is 5.34. The average Bonchev–Trinajstić information content (AvgIpc) is 2.82. The minimum absolute atomic E-state index is 0.341. The summed E-state index contributed by atoms with van der Waals surface area (Å²) in [6.07, 6.45) is 0. The van der Waals surface area contributed by atoms with Gasteiger partial charge in [-0.05, 0) is 54.4 Å². The third kappa shape index (κ3) is 4.25. The van der Waals surface area contributed by atoms with Crippen LogP contribution < -0.4 is 25.2 Å². The molecule has 1 N–H and O–H groups in total. The second-order valence-corrected chi connectivity index (χ2v) is 7.38. The molecule has 0 fully saturated rings. The summed E-state index contributed by atoms with van der Waals surface area (Å²) in [5.74, 6) is 0.839. The number of methoxy groups -OCH3 is 3. The molecule has 7 nitrogen and oxygen atoms in total. The summed E-state index contributed by atoms with van der Waals surface area (Å²) in [4.78, 5) is 25.4. The number of hydrogen-bond acceptors (Lipinski definition) is 6. The summed E-state index contributed by atoms with van der Waals surface area (Å²) in [7, 11) is 4.48. The lowest BCUT2D eigenvalue weighted by Gasteiger charge is -2.14. The van der Waals surface area contributed by atoms with Crippen molar-refractivity contribution in [2.24, 2.45) is 0 Å². The molecule has 0 aliphatic heterocycles. The molecule has 1 aromatic heterocycles. The molecular formula is C26H23NO6. The molecule has 7 heteroatoms. The molecule has 0 saturated heterocycles. The number of anilines is 1. The molecule has 4 rings (SSSR count). The van der Waals surface area contributed by atoms with Gasteiger partial charge in [0.1, 0.15) is 5.58 Å². The van der Waals surface area contributed by atoms with Crippen molar-refractivity contribution in [2.75, 3.05) is 26.6 Å². The average molecular weight is 445 g/mol. The lowest BCUT2D eigenvalue weighted by molar-refractivity contribution is 0.102. The number of rotatable bonds is 6. The standard InChI is InChI=1S/C26H23NO6/c1-15-11-18(27-25(28)17-13-22(30-2)24(32-4)23(14-17)31-3)9-10-19(15)20-12-16-7-5-6-8-21(16)33-26(20)29/h5-14H,1-4H3,(H,27,28). The Morgan fingerprint density at radius 3 is 2.18 bits per heavy atom. The highest BCUT2D eigenvalue weighted by molar-refractivity contribution is 6.05. The van der Waals surface area contributed by atoms with Crippen LogP contribution in [-0.4, -0.2) is 27.2 Å². The number of hydrogen-bond donors (Lipinski definition) is 1. The normalized spacial score (nSPS) is 10.7. The largest absolute Gasteiger partial charge is 0.493 e. The number of nitrogens with one attached hydrogen (secondary N) is 1. The molecule has 0 spiro atoms. The maximum absolute atomic E-state index is 12.9. The number of amides is 1. The number of ether oxygens (including phenoxy) is 3. The van der Waals surface area contributed by atoms with Gasteiger partial charge in [0.2, 0.25) is 5.75 Å². The number of aryl methyl sites for hydroxylation is 1. The zero-order chi connectivity index (χ0) is 23.5. The van der Waals surface area contributed by atoms with Crippen LogP contribution in [0.3, 0.4) is 0 Å². The number of carbonyl (C=O) groups is 1. The Morgan fingerprint density at radius 1 is 0.848 bits per heavy atom. The van der Waals surface area contributed by atoms with E-state index in [4.69, 9.17) is 18.6 Å². The summed E-state index contributed by atoms with van der Waals surface area (Å²) < 4.78 is 21.4. The molecular weight excluding hydrogens is 422 g/mol. The van der Waals surface area contributed by atoms with Gasteiger partial charge < -0.3 is 23.9 Å². The van der Waals surface area contributed by atoms with Gasteiger partial charge in [0.15, 0.2) is 11.5 Å². The fraction of sp³-hybridized carbons (Fsp3) is 0.154. The fourth-order valence-electron chi connectivity index (χ4n) is 3.71. The van der Waals surface area contributed by atoms with Crippen molar-refractivity contribution >= 4 is 22.6 Å². The number of para-hydroxylation sites is 1. The Bertz CT molecular complexity index is 1380. The van der Waals surface area contributed by atoms with Crippen LogP contribution >= 0.6 is 0 Å². The van der Waals surface area contributed by atoms with Crippen molar-refractivity contribution in [1.82, 2.24) is 0 Å². The highest BCUT2D eigenvalue weighted by Gasteiger charge is 2.18. The summed E-state index contributed by atoms with van der Waals surface area (Å²) in [6.45, 7) is 1.87. The van der Waals surface area contributed by atoms with E-state index in [-0.39, 0.29) is 5.91 Å². The topological polar surface area (TPSA) is 87.0 Å². The minimum atomic E-state index is -0.411. The smallest absolute Gasteiger partial charge is 0.344 e. The molecule has 1 amide bonds. The van der Waals surface area contributed by atoms with E-state index >= 15 is 0 Å². The Balaban J connectivity index is 1.64. The summed E-state index contributed by atoms with van der Waals surface area (Å²) in [6, 6.07) is 17.7. The number of carbonyl (C=O) groups excluding carboxylic acids is 1. The number of benzene rings is 3. The van der Waals surface area contributed by atoms with Crippen molar-refractivity contribution in [2.45, 2.75) is 6.92 Å². The van der Waals surface area contributed by atoms with Crippen LogP contribution in [0.4, 0.5) is 5.69 Å². The molecule has 33 heavy (non-hydrogen) atoms. The van der Waals surface area contributed by atoms with E-state index in [1.54, 1.807) is 36.4 Å². The Morgan fingerprint density at radius 2 is 1.55 bits per heavy atom. The summed E-state index contributed by atoms with van der Waals surface area (Å²) >= 11 is 0. The molecule has 0 bridgehead atoms. The zero-order valence-corrected chi connectivity index (χ0v) is 18.7. The Labute approximate surface area is 190 Å². The Kier molecular flexibility index (Phi) is 6.04. The van der Waals surface area contributed by atoms with Crippen LogP contribution in [0, 0.1) is 6.92 Å². The second-order valence-electron chi connectivity index (χ2n) is 7.38. The molecule has 0 aliphatic rings. The third-order valence-electron chi connectivity index (χ3n) is 5.34. The van der Waals surface area contributed by atoms with Crippen molar-refractivity contribution in [3.8, 4) is 28.4 Å². The van der Waals surface area contributed by atoms with E-state index in [2.05, 4.69) is 5.32 Å². The van der Waals surface area contributed by atoms with Crippen molar-refractivity contribution in [3.05, 3.63) is 82.2 Å². The first-order valence-corrected chi connectivity index (χ1v) is 10.2. The number of fused-ring (bicyclic) bond motifs is 1. The monoisotopic (exact) mass is 445 g/mol. The molecule has 1 heterocycles. The van der Waals surface area contributed by atoms with Gasteiger partial charge in [0, 0.05) is 16.6 Å². The molecule has 168 valence electrons. The quantitative estimate of drug-likeness (QED) is 0.418. The van der Waals surface area contributed by atoms with Gasteiger partial charge in [0.25, 0.3) is 5.91 Å². The maximum Gasteiger partial charge on any atom is 0.344 e. The molecule has 0 atom stereocenters. The zero-order valence-electron chi connectivity index (χ0n) is 18.7. The van der Waals surface area contributed by atoms with Crippen molar-refractivity contribution < 1.29 is 23.4 Å². The summed E-state index contributed by atoms with van der Waals surface area (Å²) in [5, 5.41) is 3.71. The van der Waals surface area contributed by atoms with Gasteiger partial charge in [-0.3, -0.25) is 4.79 Å². The van der Waals surface area contributed by atoms with E-state index in [1.807, 2.05) is 31.2 Å². The first-order valence-electron chi connectivity index (χ1n) is 10.2. The Hall–Kier alpha value is -4.26. The van der Waals surface area contributed by atoms with Gasteiger partial charge in [-0.25, -0.2) is 4.79 Å². The van der Waals surface area contributed by atoms with Gasteiger partial charge in [0.05, 0.1) is 26.9 Å². The van der Waals surface area contributed by atoms with Crippen molar-refractivity contribution in [3.63, 3.8) is 0 Å². The summed E-state index contributed by atoms with van der Waals surface area (Å²) in [5.41, 5.74) is 3.08. The molecule has 0 saturated carbocycles. The maximum atomic E-state index is 12.9. The molecule has 0 radical (unpaired) electrons. The van der Waals surface area contributed by atoms with Crippen molar-refractivity contribution in [1.29, 1.82) is 0 Å². The highest BCUT2D eigenvalue weighted by Crippen LogP contribution is 2.38. The second kappa shape index (κ2) is 9.08.